The third-order valence-electron chi connectivity index (χ3n) is 2.94. The lowest BCUT2D eigenvalue weighted by atomic mass is 10.1. The number of para-hydroxylation sites is 1. The quantitative estimate of drug-likeness (QED) is 0.708. The molecule has 1 heterocycles. The van der Waals surface area contributed by atoms with Crippen LogP contribution >= 0.6 is 0 Å². The highest BCUT2D eigenvalue weighted by molar-refractivity contribution is 5.85. The van der Waals surface area contributed by atoms with Crippen molar-refractivity contribution in [3.8, 4) is 17.7 Å². The number of hydrogen-bond acceptors (Lipinski definition) is 3. The number of nitrogens with zero attached hydrogens (tertiary/aromatic N) is 2. The van der Waals surface area contributed by atoms with E-state index in [4.69, 9.17) is 10.00 Å². The van der Waals surface area contributed by atoms with E-state index < -0.39 is 11.6 Å². The van der Waals surface area contributed by atoms with Crippen LogP contribution in [0.2, 0.25) is 0 Å². The summed E-state index contributed by atoms with van der Waals surface area (Å²) in [5.74, 6) is -2.34. The SMILES string of the molecule is N#Cc1cc(Oc2cccc(F)c2F)nc2ccccc12. The summed E-state index contributed by atoms with van der Waals surface area (Å²) in [6, 6.07) is 14.1. The summed E-state index contributed by atoms with van der Waals surface area (Å²) < 4.78 is 32.0. The van der Waals surface area contributed by atoms with Gasteiger partial charge in [0.05, 0.1) is 11.1 Å². The minimum absolute atomic E-state index is 0.0368. The Morgan fingerprint density at radius 2 is 1.86 bits per heavy atom. The fourth-order valence-electron chi connectivity index (χ4n) is 1.97. The van der Waals surface area contributed by atoms with Crippen molar-refractivity contribution in [2.45, 2.75) is 0 Å². The van der Waals surface area contributed by atoms with Gasteiger partial charge in [0.1, 0.15) is 6.07 Å². The average Bonchev–Trinajstić information content (AvgIpc) is 2.51. The minimum atomic E-state index is -1.09. The third kappa shape index (κ3) is 2.39. The van der Waals surface area contributed by atoms with Gasteiger partial charge in [-0.2, -0.15) is 9.65 Å². The molecular formula is C16H8F2N2O. The zero-order valence-electron chi connectivity index (χ0n) is 10.7. The van der Waals surface area contributed by atoms with Crippen LogP contribution in [-0.2, 0) is 0 Å². The van der Waals surface area contributed by atoms with Crippen LogP contribution in [0, 0.1) is 23.0 Å². The second kappa shape index (κ2) is 5.17. The second-order valence-electron chi connectivity index (χ2n) is 4.29. The van der Waals surface area contributed by atoms with Gasteiger partial charge in [0, 0.05) is 11.5 Å². The lowest BCUT2D eigenvalue weighted by Gasteiger charge is -2.08. The van der Waals surface area contributed by atoms with Crippen LogP contribution in [0.5, 0.6) is 11.6 Å². The topological polar surface area (TPSA) is 45.9 Å². The molecule has 0 atom stereocenters. The summed E-state index contributed by atoms with van der Waals surface area (Å²) in [6.07, 6.45) is 0. The van der Waals surface area contributed by atoms with Crippen LogP contribution in [0.1, 0.15) is 5.56 Å². The van der Waals surface area contributed by atoms with Gasteiger partial charge in [0.15, 0.2) is 11.6 Å². The number of benzene rings is 2. The number of nitriles is 1. The molecule has 0 saturated carbocycles. The predicted octanol–water partition coefficient (Wildman–Crippen LogP) is 4.18. The van der Waals surface area contributed by atoms with E-state index in [-0.39, 0.29) is 11.6 Å². The zero-order chi connectivity index (χ0) is 14.8. The summed E-state index contributed by atoms with van der Waals surface area (Å²) in [4.78, 5) is 4.19. The van der Waals surface area contributed by atoms with Crippen LogP contribution < -0.4 is 4.74 Å². The zero-order valence-corrected chi connectivity index (χ0v) is 10.7. The van der Waals surface area contributed by atoms with Crippen molar-refractivity contribution in [3.63, 3.8) is 0 Å². The summed E-state index contributed by atoms with van der Waals surface area (Å²) >= 11 is 0. The van der Waals surface area contributed by atoms with Crippen molar-refractivity contribution >= 4 is 10.9 Å². The first kappa shape index (κ1) is 13.0. The Bertz CT molecular complexity index is 872. The molecule has 21 heavy (non-hydrogen) atoms. The van der Waals surface area contributed by atoms with Crippen molar-refractivity contribution in [3.05, 3.63) is 65.7 Å². The maximum absolute atomic E-state index is 13.6. The van der Waals surface area contributed by atoms with Gasteiger partial charge >= 0.3 is 0 Å². The molecule has 3 aromatic rings. The lowest BCUT2D eigenvalue weighted by molar-refractivity contribution is 0.406. The highest BCUT2D eigenvalue weighted by Crippen LogP contribution is 2.27. The van der Waals surface area contributed by atoms with Gasteiger partial charge in [0.2, 0.25) is 11.7 Å². The Morgan fingerprint density at radius 3 is 2.67 bits per heavy atom. The normalized spacial score (nSPS) is 10.3. The average molecular weight is 282 g/mol. The predicted molar refractivity (Wildman–Crippen MR) is 72.9 cm³/mol. The van der Waals surface area contributed by atoms with E-state index in [1.165, 1.54) is 18.2 Å². The number of rotatable bonds is 2. The number of hydrogen-bond donors (Lipinski definition) is 0. The molecule has 0 N–H and O–H groups in total. The van der Waals surface area contributed by atoms with Crippen LogP contribution in [0.15, 0.2) is 48.5 Å². The first-order chi connectivity index (χ1) is 10.2. The molecule has 102 valence electrons. The summed E-state index contributed by atoms with van der Waals surface area (Å²) in [5.41, 5.74) is 0.899. The molecule has 3 nitrogen and oxygen atoms in total. The van der Waals surface area contributed by atoms with Gasteiger partial charge in [-0.1, -0.05) is 24.3 Å². The smallest absolute Gasteiger partial charge is 0.221 e. The monoisotopic (exact) mass is 282 g/mol. The van der Waals surface area contributed by atoms with Gasteiger partial charge in [0.25, 0.3) is 0 Å². The van der Waals surface area contributed by atoms with Crippen molar-refractivity contribution in [1.82, 2.24) is 4.98 Å². The summed E-state index contributed by atoms with van der Waals surface area (Å²) in [7, 11) is 0. The fraction of sp³-hybridized carbons (Fsp3) is 0. The number of fused-ring (bicyclic) bond motifs is 1. The maximum atomic E-state index is 13.6. The Balaban J connectivity index is 2.09. The summed E-state index contributed by atoms with van der Waals surface area (Å²) in [5, 5.41) is 9.83. The molecule has 5 heteroatoms. The van der Waals surface area contributed by atoms with Crippen LogP contribution in [0.25, 0.3) is 10.9 Å². The third-order valence-corrected chi connectivity index (χ3v) is 2.94. The van der Waals surface area contributed by atoms with Gasteiger partial charge in [-0.05, 0) is 18.2 Å². The first-order valence-corrected chi connectivity index (χ1v) is 6.11. The van der Waals surface area contributed by atoms with Crippen LogP contribution in [0.3, 0.4) is 0 Å². The molecule has 0 radical (unpaired) electrons. The fourth-order valence-corrected chi connectivity index (χ4v) is 1.97. The molecule has 0 amide bonds. The van der Waals surface area contributed by atoms with E-state index in [1.807, 2.05) is 6.07 Å². The second-order valence-corrected chi connectivity index (χ2v) is 4.29. The highest BCUT2D eigenvalue weighted by atomic mass is 19.2. The van der Waals surface area contributed by atoms with Crippen LogP contribution in [0.4, 0.5) is 8.78 Å². The van der Waals surface area contributed by atoms with E-state index in [2.05, 4.69) is 4.98 Å². The molecule has 1 aromatic heterocycles. The molecule has 0 aliphatic heterocycles. The Kier molecular flexibility index (Phi) is 3.20. The van der Waals surface area contributed by atoms with Crippen molar-refractivity contribution in [2.75, 3.05) is 0 Å². The molecule has 0 aliphatic carbocycles. The Hall–Kier alpha value is -3.00. The van der Waals surface area contributed by atoms with Crippen molar-refractivity contribution in [1.29, 1.82) is 5.26 Å². The minimum Gasteiger partial charge on any atom is -0.436 e. The largest absolute Gasteiger partial charge is 0.436 e. The van der Waals surface area contributed by atoms with Gasteiger partial charge < -0.3 is 4.74 Å². The Labute approximate surface area is 119 Å². The molecule has 0 spiro atoms. The standard InChI is InChI=1S/C16H8F2N2O/c17-12-5-3-7-14(16(12)18)21-15-8-10(9-19)11-4-1-2-6-13(11)20-15/h1-8H. The van der Waals surface area contributed by atoms with Gasteiger partial charge in [-0.15, -0.1) is 0 Å². The lowest BCUT2D eigenvalue weighted by Crippen LogP contribution is -1.95. The molecule has 3 rings (SSSR count). The number of ether oxygens (including phenoxy) is 1. The first-order valence-electron chi connectivity index (χ1n) is 6.11. The Morgan fingerprint density at radius 1 is 1.05 bits per heavy atom. The molecule has 0 bridgehead atoms. The molecular weight excluding hydrogens is 274 g/mol. The van der Waals surface area contributed by atoms with Gasteiger partial charge in [-0.25, -0.2) is 9.37 Å². The molecule has 2 aromatic carbocycles. The van der Waals surface area contributed by atoms with Crippen molar-refractivity contribution < 1.29 is 13.5 Å². The van der Waals surface area contributed by atoms with Crippen molar-refractivity contribution in [2.24, 2.45) is 0 Å². The van der Waals surface area contributed by atoms with E-state index in [1.54, 1.807) is 24.3 Å². The maximum Gasteiger partial charge on any atom is 0.221 e. The number of halogens is 2. The molecule has 0 aliphatic rings. The molecule has 0 unspecified atom stereocenters. The van der Waals surface area contributed by atoms with E-state index in [0.29, 0.717) is 16.5 Å². The van der Waals surface area contributed by atoms with Crippen LogP contribution in [-0.4, -0.2) is 4.98 Å². The summed E-state index contributed by atoms with van der Waals surface area (Å²) in [6.45, 7) is 0. The van der Waals surface area contributed by atoms with E-state index in [9.17, 15) is 8.78 Å². The van der Waals surface area contributed by atoms with Gasteiger partial charge in [-0.3, -0.25) is 0 Å². The highest BCUT2D eigenvalue weighted by Gasteiger charge is 2.12. The number of pyridine rings is 1. The molecule has 0 fully saturated rings. The van der Waals surface area contributed by atoms with E-state index in [0.717, 1.165) is 6.07 Å². The van der Waals surface area contributed by atoms with E-state index >= 15 is 0 Å². The molecule has 0 saturated heterocycles. The number of aromatic nitrogens is 1.